The lowest BCUT2D eigenvalue weighted by Crippen LogP contribution is -2.23. The fourth-order valence-corrected chi connectivity index (χ4v) is 2.07. The maximum Gasteiger partial charge on any atom is 0.573 e. The van der Waals surface area contributed by atoms with E-state index in [0.717, 1.165) is 0 Å². The highest BCUT2D eigenvalue weighted by Gasteiger charge is 2.30. The summed E-state index contributed by atoms with van der Waals surface area (Å²) in [6, 6.07) is 12.5. The molecule has 0 aromatic heterocycles. The molecule has 0 spiro atoms. The van der Waals surface area contributed by atoms with Crippen molar-refractivity contribution in [2.75, 3.05) is 25.6 Å². The number of aliphatic imine (C=N–C) groups is 1. The lowest BCUT2D eigenvalue weighted by atomic mass is 10.3. The molecule has 0 saturated heterocycles. The monoisotopic (exact) mass is 383 g/mol. The van der Waals surface area contributed by atoms with Crippen LogP contribution in [0.25, 0.3) is 0 Å². The quantitative estimate of drug-likeness (QED) is 0.412. The Labute approximate surface area is 154 Å². The summed E-state index contributed by atoms with van der Waals surface area (Å²) in [6.07, 6.45) is -4.08. The Morgan fingerprint density at radius 1 is 1.07 bits per heavy atom. The first-order valence-corrected chi connectivity index (χ1v) is 8.05. The van der Waals surface area contributed by atoms with Crippen molar-refractivity contribution in [3.63, 3.8) is 0 Å². The molecule has 0 aliphatic carbocycles. The fraction of sp³-hybridized carbons (Fsp3) is 0.278. The Kier molecular flexibility index (Phi) is 7.16. The zero-order valence-corrected chi connectivity index (χ0v) is 14.6. The van der Waals surface area contributed by atoms with Crippen LogP contribution in [-0.2, 0) is 0 Å². The van der Waals surface area contributed by atoms with Crippen molar-refractivity contribution in [3.8, 4) is 17.2 Å². The molecule has 3 N–H and O–H groups in total. The second-order valence-corrected chi connectivity index (χ2v) is 5.35. The maximum atomic E-state index is 12.1. The van der Waals surface area contributed by atoms with Gasteiger partial charge in [-0.05, 0) is 36.4 Å². The number of hydrogen-bond acceptors (Lipinski definition) is 4. The fourth-order valence-electron chi connectivity index (χ4n) is 2.07. The van der Waals surface area contributed by atoms with Crippen LogP contribution in [0.2, 0.25) is 0 Å². The predicted molar refractivity (Wildman–Crippen MR) is 96.3 cm³/mol. The highest BCUT2D eigenvalue weighted by molar-refractivity contribution is 5.92. The Hall–Kier alpha value is -3.10. The second kappa shape index (κ2) is 9.56. The van der Waals surface area contributed by atoms with Crippen LogP contribution in [0.5, 0.6) is 17.2 Å². The predicted octanol–water partition coefficient (Wildman–Crippen LogP) is 3.79. The molecule has 0 amide bonds. The van der Waals surface area contributed by atoms with Crippen molar-refractivity contribution < 1.29 is 27.4 Å². The van der Waals surface area contributed by atoms with Crippen LogP contribution < -0.4 is 25.3 Å². The third-order valence-corrected chi connectivity index (χ3v) is 3.25. The standard InChI is InChI=1S/C18H20F3N3O3/c1-25-15-4-2-5-16(12-15)26-11-3-10-23-17(22)24-13-6-8-14(9-7-13)27-18(19,20)21/h2,4-9,12H,3,10-11H2,1H3,(H3,22,23,24). The van der Waals surface area contributed by atoms with Crippen molar-refractivity contribution in [2.45, 2.75) is 12.8 Å². The molecule has 0 bridgehead atoms. The molecule has 2 rings (SSSR count). The summed E-state index contributed by atoms with van der Waals surface area (Å²) in [5.41, 5.74) is 6.25. The van der Waals surface area contributed by atoms with Gasteiger partial charge in [0.2, 0.25) is 0 Å². The number of guanidine groups is 1. The van der Waals surface area contributed by atoms with Gasteiger partial charge in [-0.1, -0.05) is 6.07 Å². The number of methoxy groups -OCH3 is 1. The highest BCUT2D eigenvalue weighted by atomic mass is 19.4. The largest absolute Gasteiger partial charge is 0.573 e. The topological polar surface area (TPSA) is 78.1 Å². The summed E-state index contributed by atoms with van der Waals surface area (Å²) >= 11 is 0. The lowest BCUT2D eigenvalue weighted by Gasteiger charge is -2.10. The molecule has 0 radical (unpaired) electrons. The van der Waals surface area contributed by atoms with E-state index in [-0.39, 0.29) is 11.7 Å². The first kappa shape index (κ1) is 20.2. The molecule has 27 heavy (non-hydrogen) atoms. The minimum atomic E-state index is -4.72. The number of ether oxygens (including phenoxy) is 3. The summed E-state index contributed by atoms with van der Waals surface area (Å²) in [5.74, 6) is 1.26. The van der Waals surface area contributed by atoms with Crippen LogP contribution in [0, 0.1) is 0 Å². The normalized spacial score (nSPS) is 11.8. The Bertz CT molecular complexity index is 750. The van der Waals surface area contributed by atoms with Gasteiger partial charge in [0.05, 0.1) is 13.7 Å². The highest BCUT2D eigenvalue weighted by Crippen LogP contribution is 2.24. The van der Waals surface area contributed by atoms with Crippen molar-refractivity contribution in [2.24, 2.45) is 10.7 Å². The molecule has 0 fully saturated rings. The zero-order valence-electron chi connectivity index (χ0n) is 14.6. The van der Waals surface area contributed by atoms with Gasteiger partial charge < -0.3 is 25.3 Å². The minimum absolute atomic E-state index is 0.154. The molecule has 2 aromatic carbocycles. The van der Waals surface area contributed by atoms with E-state index in [9.17, 15) is 13.2 Å². The van der Waals surface area contributed by atoms with Crippen LogP contribution in [0.15, 0.2) is 53.5 Å². The van der Waals surface area contributed by atoms with Gasteiger partial charge in [-0.2, -0.15) is 0 Å². The molecular weight excluding hydrogens is 363 g/mol. The molecule has 0 aliphatic heterocycles. The second-order valence-electron chi connectivity index (χ2n) is 5.35. The molecule has 146 valence electrons. The molecule has 0 heterocycles. The number of alkyl halides is 3. The minimum Gasteiger partial charge on any atom is -0.497 e. The Morgan fingerprint density at radius 2 is 1.78 bits per heavy atom. The number of nitrogens with two attached hydrogens (primary N) is 1. The van der Waals surface area contributed by atoms with Gasteiger partial charge in [0.25, 0.3) is 0 Å². The van der Waals surface area contributed by atoms with E-state index in [1.165, 1.54) is 24.3 Å². The van der Waals surface area contributed by atoms with Gasteiger partial charge >= 0.3 is 6.36 Å². The number of nitrogens with one attached hydrogen (secondary N) is 1. The molecule has 0 atom stereocenters. The van der Waals surface area contributed by atoms with Gasteiger partial charge in [-0.25, -0.2) is 0 Å². The van der Waals surface area contributed by atoms with Crippen LogP contribution in [0.3, 0.4) is 0 Å². The molecule has 6 nitrogen and oxygen atoms in total. The average molecular weight is 383 g/mol. The summed E-state index contributed by atoms with van der Waals surface area (Å²) in [4.78, 5) is 4.13. The summed E-state index contributed by atoms with van der Waals surface area (Å²) in [7, 11) is 1.58. The average Bonchev–Trinajstić information content (AvgIpc) is 2.62. The molecule has 0 unspecified atom stereocenters. The van der Waals surface area contributed by atoms with Gasteiger partial charge in [0.1, 0.15) is 17.2 Å². The Balaban J connectivity index is 1.72. The molecule has 0 aliphatic rings. The van der Waals surface area contributed by atoms with Crippen LogP contribution in [0.4, 0.5) is 18.9 Å². The number of hydrogen-bond donors (Lipinski definition) is 2. The molecule has 0 saturated carbocycles. The molecular formula is C18H20F3N3O3. The van der Waals surface area contributed by atoms with E-state index >= 15 is 0 Å². The van der Waals surface area contributed by atoms with Gasteiger partial charge in [-0.15, -0.1) is 13.2 Å². The van der Waals surface area contributed by atoms with Crippen LogP contribution >= 0.6 is 0 Å². The SMILES string of the molecule is COc1cccc(OCCCN=C(N)Nc2ccc(OC(F)(F)F)cc2)c1. The first-order chi connectivity index (χ1) is 12.9. The van der Waals surface area contributed by atoms with E-state index in [1.807, 2.05) is 18.2 Å². The van der Waals surface area contributed by atoms with Gasteiger partial charge in [0, 0.05) is 24.7 Å². The van der Waals surface area contributed by atoms with Crippen molar-refractivity contribution in [1.82, 2.24) is 0 Å². The third-order valence-electron chi connectivity index (χ3n) is 3.25. The van der Waals surface area contributed by atoms with E-state index < -0.39 is 6.36 Å². The third kappa shape index (κ3) is 7.76. The smallest absolute Gasteiger partial charge is 0.497 e. The first-order valence-electron chi connectivity index (χ1n) is 8.05. The van der Waals surface area contributed by atoms with E-state index in [4.69, 9.17) is 15.2 Å². The zero-order chi connectivity index (χ0) is 19.7. The van der Waals surface area contributed by atoms with Crippen molar-refractivity contribution >= 4 is 11.6 Å². The van der Waals surface area contributed by atoms with E-state index in [2.05, 4.69) is 15.0 Å². The number of nitrogens with zero attached hydrogens (tertiary/aromatic N) is 1. The molecule has 2 aromatic rings. The summed E-state index contributed by atoms with van der Waals surface area (Å²) < 4.78 is 50.8. The van der Waals surface area contributed by atoms with Crippen molar-refractivity contribution in [3.05, 3.63) is 48.5 Å². The van der Waals surface area contributed by atoms with E-state index in [1.54, 1.807) is 13.2 Å². The summed E-state index contributed by atoms with van der Waals surface area (Å²) in [6.45, 7) is 0.880. The van der Waals surface area contributed by atoms with Crippen LogP contribution in [-0.4, -0.2) is 32.6 Å². The maximum absolute atomic E-state index is 12.1. The number of halogens is 3. The Morgan fingerprint density at radius 3 is 2.44 bits per heavy atom. The van der Waals surface area contributed by atoms with Gasteiger partial charge in [-0.3, -0.25) is 4.99 Å². The van der Waals surface area contributed by atoms with Gasteiger partial charge in [0.15, 0.2) is 5.96 Å². The number of rotatable bonds is 8. The van der Waals surface area contributed by atoms with E-state index in [0.29, 0.717) is 36.8 Å². The van der Waals surface area contributed by atoms with Crippen molar-refractivity contribution in [1.29, 1.82) is 0 Å². The summed E-state index contributed by atoms with van der Waals surface area (Å²) in [5, 5.41) is 2.79. The number of anilines is 1. The number of benzene rings is 2. The van der Waals surface area contributed by atoms with Crippen LogP contribution in [0.1, 0.15) is 6.42 Å². The lowest BCUT2D eigenvalue weighted by molar-refractivity contribution is -0.274. The molecule has 9 heteroatoms.